The molecule has 1 aliphatic heterocycles. The summed E-state index contributed by atoms with van der Waals surface area (Å²) in [6, 6.07) is 4.34. The summed E-state index contributed by atoms with van der Waals surface area (Å²) in [4.78, 5) is 11.8. The smallest absolute Gasteiger partial charge is 0.238 e. The summed E-state index contributed by atoms with van der Waals surface area (Å²) in [5, 5.41) is 5.91. The first kappa shape index (κ1) is 15.9. The molecule has 1 aromatic rings. The fourth-order valence-electron chi connectivity index (χ4n) is 2.49. The van der Waals surface area contributed by atoms with Crippen LogP contribution >= 0.6 is 0 Å². The molecule has 2 rings (SSSR count). The highest BCUT2D eigenvalue weighted by Crippen LogP contribution is 2.17. The molecule has 1 atom stereocenters. The van der Waals surface area contributed by atoms with Crippen LogP contribution in [0.2, 0.25) is 0 Å². The van der Waals surface area contributed by atoms with E-state index in [0.29, 0.717) is 11.6 Å². The zero-order chi connectivity index (χ0) is 15.1. The summed E-state index contributed by atoms with van der Waals surface area (Å²) < 4.78 is 18.3. The number of amides is 1. The average Bonchev–Trinajstić information content (AvgIpc) is 2.95. The lowest BCUT2D eigenvalue weighted by Gasteiger charge is -2.10. The van der Waals surface area contributed by atoms with E-state index in [1.165, 1.54) is 12.1 Å². The van der Waals surface area contributed by atoms with Gasteiger partial charge in [0.1, 0.15) is 5.82 Å². The van der Waals surface area contributed by atoms with Gasteiger partial charge in [0.25, 0.3) is 0 Å². The maximum atomic E-state index is 13.0. The molecule has 1 saturated heterocycles. The van der Waals surface area contributed by atoms with Crippen LogP contribution in [-0.2, 0) is 9.53 Å². The fourth-order valence-corrected chi connectivity index (χ4v) is 2.49. The number of rotatable bonds is 7. The number of nitrogens with one attached hydrogen (secondary N) is 2. The molecule has 5 heteroatoms. The number of carbonyl (C=O) groups excluding carboxylic acids is 1. The first-order chi connectivity index (χ1) is 10.1. The second-order valence-corrected chi connectivity index (χ2v) is 5.56. The molecule has 0 saturated carbocycles. The summed E-state index contributed by atoms with van der Waals surface area (Å²) in [5.41, 5.74) is 1.39. The van der Waals surface area contributed by atoms with Crippen LogP contribution < -0.4 is 10.6 Å². The van der Waals surface area contributed by atoms with Crippen LogP contribution in [-0.4, -0.2) is 32.2 Å². The fraction of sp³-hybridized carbons (Fsp3) is 0.562. The largest absolute Gasteiger partial charge is 0.381 e. The summed E-state index contributed by atoms with van der Waals surface area (Å²) >= 11 is 0. The van der Waals surface area contributed by atoms with Crippen LogP contribution in [0.5, 0.6) is 0 Å². The van der Waals surface area contributed by atoms with Gasteiger partial charge >= 0.3 is 0 Å². The van der Waals surface area contributed by atoms with E-state index in [9.17, 15) is 9.18 Å². The van der Waals surface area contributed by atoms with Crippen molar-refractivity contribution < 1.29 is 13.9 Å². The van der Waals surface area contributed by atoms with Gasteiger partial charge in [0.15, 0.2) is 0 Å². The number of carbonyl (C=O) groups is 1. The average molecular weight is 294 g/mol. The molecule has 0 radical (unpaired) electrons. The Morgan fingerprint density at radius 1 is 1.48 bits per heavy atom. The minimum absolute atomic E-state index is 0.103. The molecule has 0 spiro atoms. The molecule has 2 N–H and O–H groups in total. The number of benzene rings is 1. The third kappa shape index (κ3) is 5.44. The van der Waals surface area contributed by atoms with Crippen LogP contribution in [0, 0.1) is 18.7 Å². The lowest BCUT2D eigenvalue weighted by molar-refractivity contribution is -0.115. The monoisotopic (exact) mass is 294 g/mol. The van der Waals surface area contributed by atoms with Crippen LogP contribution in [0.15, 0.2) is 18.2 Å². The molecular weight excluding hydrogens is 271 g/mol. The van der Waals surface area contributed by atoms with Gasteiger partial charge in [-0.2, -0.15) is 0 Å². The first-order valence-corrected chi connectivity index (χ1v) is 7.49. The van der Waals surface area contributed by atoms with E-state index in [4.69, 9.17) is 4.74 Å². The Morgan fingerprint density at radius 2 is 2.33 bits per heavy atom. The van der Waals surface area contributed by atoms with Crippen molar-refractivity contribution in [3.63, 3.8) is 0 Å². The van der Waals surface area contributed by atoms with E-state index in [-0.39, 0.29) is 18.3 Å². The maximum Gasteiger partial charge on any atom is 0.238 e. The van der Waals surface area contributed by atoms with Crippen molar-refractivity contribution in [1.82, 2.24) is 5.32 Å². The van der Waals surface area contributed by atoms with Crippen molar-refractivity contribution >= 4 is 11.6 Å². The number of hydrogen-bond acceptors (Lipinski definition) is 3. The van der Waals surface area contributed by atoms with Gasteiger partial charge < -0.3 is 15.4 Å². The molecule has 0 aromatic heterocycles. The predicted octanol–water partition coefficient (Wildman–Crippen LogP) is 2.48. The Hall–Kier alpha value is -1.46. The zero-order valence-electron chi connectivity index (χ0n) is 12.5. The van der Waals surface area contributed by atoms with E-state index >= 15 is 0 Å². The standard InChI is InChI=1S/C16H23FN2O2/c1-12-9-14(17)4-5-15(12)19-16(20)10-18-7-2-3-13-6-8-21-11-13/h4-5,9,13,18H,2-3,6-8,10-11H2,1H3,(H,19,20)/t13-/m1/s1. The van der Waals surface area contributed by atoms with Gasteiger partial charge in [0.2, 0.25) is 5.91 Å². The number of anilines is 1. The van der Waals surface area contributed by atoms with Gasteiger partial charge in [-0.25, -0.2) is 4.39 Å². The molecule has 21 heavy (non-hydrogen) atoms. The molecule has 1 fully saturated rings. The second-order valence-electron chi connectivity index (χ2n) is 5.56. The SMILES string of the molecule is Cc1cc(F)ccc1NC(=O)CNCCC[C@@H]1CCOC1. The van der Waals surface area contributed by atoms with Crippen molar-refractivity contribution in [3.05, 3.63) is 29.6 Å². The Kier molecular flexibility index (Phi) is 6.14. The van der Waals surface area contributed by atoms with Crippen LogP contribution in [0.1, 0.15) is 24.8 Å². The minimum Gasteiger partial charge on any atom is -0.381 e. The number of ether oxygens (including phenoxy) is 1. The van der Waals surface area contributed by atoms with Gasteiger partial charge in [-0.3, -0.25) is 4.79 Å². The molecule has 4 nitrogen and oxygen atoms in total. The minimum atomic E-state index is -0.292. The van der Waals surface area contributed by atoms with Gasteiger partial charge in [0, 0.05) is 18.9 Å². The number of aryl methyl sites for hydroxylation is 1. The molecule has 1 aromatic carbocycles. The normalized spacial score (nSPS) is 17.9. The third-order valence-electron chi connectivity index (χ3n) is 3.74. The molecule has 0 bridgehead atoms. The lowest BCUT2D eigenvalue weighted by Crippen LogP contribution is -2.29. The van der Waals surface area contributed by atoms with Crippen molar-refractivity contribution in [2.75, 3.05) is 31.6 Å². The van der Waals surface area contributed by atoms with E-state index in [0.717, 1.165) is 44.6 Å². The zero-order valence-corrected chi connectivity index (χ0v) is 12.5. The molecular formula is C16H23FN2O2. The Morgan fingerprint density at radius 3 is 3.05 bits per heavy atom. The number of hydrogen-bond donors (Lipinski definition) is 2. The second kappa shape index (κ2) is 8.10. The van der Waals surface area contributed by atoms with E-state index in [1.54, 1.807) is 13.0 Å². The van der Waals surface area contributed by atoms with Crippen molar-refractivity contribution in [2.24, 2.45) is 5.92 Å². The van der Waals surface area contributed by atoms with Gasteiger partial charge in [-0.05, 0) is 62.4 Å². The summed E-state index contributed by atoms with van der Waals surface area (Å²) in [7, 11) is 0. The quantitative estimate of drug-likeness (QED) is 0.760. The van der Waals surface area contributed by atoms with Crippen molar-refractivity contribution in [1.29, 1.82) is 0 Å². The molecule has 0 aliphatic carbocycles. The molecule has 116 valence electrons. The topological polar surface area (TPSA) is 50.4 Å². The Bertz CT molecular complexity index is 473. The molecule has 1 aliphatic rings. The number of halogens is 1. The highest BCUT2D eigenvalue weighted by atomic mass is 19.1. The van der Waals surface area contributed by atoms with E-state index in [1.807, 2.05) is 0 Å². The Labute approximate surface area is 125 Å². The van der Waals surface area contributed by atoms with Crippen LogP contribution in [0.4, 0.5) is 10.1 Å². The maximum absolute atomic E-state index is 13.0. The van der Waals surface area contributed by atoms with E-state index in [2.05, 4.69) is 10.6 Å². The highest BCUT2D eigenvalue weighted by molar-refractivity contribution is 5.92. The lowest BCUT2D eigenvalue weighted by atomic mass is 10.0. The van der Waals surface area contributed by atoms with Gasteiger partial charge in [-0.1, -0.05) is 0 Å². The summed E-state index contributed by atoms with van der Waals surface area (Å²) in [6.07, 6.45) is 3.35. The van der Waals surface area contributed by atoms with Crippen LogP contribution in [0.3, 0.4) is 0 Å². The van der Waals surface area contributed by atoms with Gasteiger partial charge in [0.05, 0.1) is 6.54 Å². The van der Waals surface area contributed by atoms with Crippen LogP contribution in [0.25, 0.3) is 0 Å². The van der Waals surface area contributed by atoms with Crippen molar-refractivity contribution in [3.8, 4) is 0 Å². The third-order valence-corrected chi connectivity index (χ3v) is 3.74. The summed E-state index contributed by atoms with van der Waals surface area (Å²) in [5.74, 6) is 0.288. The molecule has 1 heterocycles. The van der Waals surface area contributed by atoms with Gasteiger partial charge in [-0.15, -0.1) is 0 Å². The first-order valence-electron chi connectivity index (χ1n) is 7.49. The predicted molar refractivity (Wildman–Crippen MR) is 80.8 cm³/mol. The molecule has 0 unspecified atom stereocenters. The highest BCUT2D eigenvalue weighted by Gasteiger charge is 2.14. The molecule has 1 amide bonds. The Balaban J connectivity index is 1.60. The van der Waals surface area contributed by atoms with Crippen molar-refractivity contribution in [2.45, 2.75) is 26.2 Å². The van der Waals surface area contributed by atoms with E-state index < -0.39 is 0 Å². The summed E-state index contributed by atoms with van der Waals surface area (Å²) in [6.45, 7) is 4.64.